The van der Waals surface area contributed by atoms with Gasteiger partial charge in [0.25, 0.3) is 5.91 Å². The molecule has 1 N–H and O–H groups in total. The number of thiophene rings is 1. The van der Waals surface area contributed by atoms with E-state index in [-0.39, 0.29) is 18.4 Å². The molecule has 1 aliphatic rings. The monoisotopic (exact) mass is 306 g/mol. The molecule has 1 aliphatic heterocycles. The largest absolute Gasteiger partial charge is 0.353 e. The quantitative estimate of drug-likeness (QED) is 0.734. The summed E-state index contributed by atoms with van der Waals surface area (Å²) in [5, 5.41) is 4.68. The van der Waals surface area contributed by atoms with Crippen molar-refractivity contribution in [1.29, 1.82) is 0 Å². The van der Waals surface area contributed by atoms with Crippen LogP contribution in [0.1, 0.15) is 9.67 Å². The number of amides is 2. The summed E-state index contributed by atoms with van der Waals surface area (Å²) in [6.07, 6.45) is 1.95. The number of aromatic nitrogens is 2. The molecule has 2 amide bonds. The Morgan fingerprint density at radius 3 is 3.20 bits per heavy atom. The van der Waals surface area contributed by atoms with Crippen LogP contribution in [0.4, 0.5) is 0 Å². The summed E-state index contributed by atoms with van der Waals surface area (Å²) < 4.78 is 1.98. The molecule has 3 aromatic rings. The van der Waals surface area contributed by atoms with Gasteiger partial charge < -0.3 is 10.2 Å². The Hall–Kier alpha value is -1.93. The maximum Gasteiger partial charge on any atom is 0.264 e. The van der Waals surface area contributed by atoms with Crippen LogP contribution in [0.5, 0.6) is 0 Å². The molecule has 0 bridgehead atoms. The van der Waals surface area contributed by atoms with E-state index < -0.39 is 0 Å². The smallest absolute Gasteiger partial charge is 0.264 e. The van der Waals surface area contributed by atoms with Gasteiger partial charge in [0.1, 0.15) is 4.83 Å². The van der Waals surface area contributed by atoms with Crippen LogP contribution in [0.25, 0.3) is 15.3 Å². The van der Waals surface area contributed by atoms with Crippen molar-refractivity contribution >= 4 is 49.8 Å². The first-order chi connectivity index (χ1) is 9.72. The van der Waals surface area contributed by atoms with Crippen molar-refractivity contribution < 1.29 is 9.59 Å². The van der Waals surface area contributed by atoms with Crippen molar-refractivity contribution in [3.8, 4) is 0 Å². The maximum absolute atomic E-state index is 12.4. The average Bonchev–Trinajstić information content (AvgIpc) is 3.08. The molecule has 3 aromatic heterocycles. The first-order valence-corrected chi connectivity index (χ1v) is 7.83. The van der Waals surface area contributed by atoms with Crippen molar-refractivity contribution in [1.82, 2.24) is 19.6 Å². The Balaban J connectivity index is 1.71. The van der Waals surface area contributed by atoms with E-state index >= 15 is 0 Å². The number of hydrogen-bond donors (Lipinski definition) is 1. The van der Waals surface area contributed by atoms with Crippen molar-refractivity contribution in [3.05, 3.63) is 22.5 Å². The molecular formula is C12H10N4O2S2. The summed E-state index contributed by atoms with van der Waals surface area (Å²) >= 11 is 2.95. The lowest BCUT2D eigenvalue weighted by atomic mass is 10.3. The third-order valence-corrected chi connectivity index (χ3v) is 5.04. The van der Waals surface area contributed by atoms with Gasteiger partial charge in [0.15, 0.2) is 4.96 Å². The minimum Gasteiger partial charge on any atom is -0.353 e. The van der Waals surface area contributed by atoms with Gasteiger partial charge in [-0.2, -0.15) is 0 Å². The van der Waals surface area contributed by atoms with Gasteiger partial charge in [-0.1, -0.05) is 0 Å². The Bertz CT molecular complexity index is 831. The molecule has 0 spiro atoms. The van der Waals surface area contributed by atoms with Crippen LogP contribution in [0.15, 0.2) is 17.6 Å². The van der Waals surface area contributed by atoms with E-state index in [0.717, 1.165) is 15.3 Å². The van der Waals surface area contributed by atoms with Crippen LogP contribution in [-0.2, 0) is 4.79 Å². The molecule has 4 heterocycles. The first kappa shape index (κ1) is 11.9. The van der Waals surface area contributed by atoms with Gasteiger partial charge in [-0.25, -0.2) is 4.98 Å². The van der Waals surface area contributed by atoms with Crippen LogP contribution >= 0.6 is 22.7 Å². The maximum atomic E-state index is 12.4. The molecule has 0 saturated carbocycles. The highest BCUT2D eigenvalue weighted by Crippen LogP contribution is 2.29. The summed E-state index contributed by atoms with van der Waals surface area (Å²) in [5.74, 6) is -0.195. The summed E-state index contributed by atoms with van der Waals surface area (Å²) in [5.41, 5.74) is 0.955. The zero-order valence-corrected chi connectivity index (χ0v) is 12.0. The highest BCUT2D eigenvalue weighted by atomic mass is 32.1. The zero-order valence-electron chi connectivity index (χ0n) is 10.3. The second-order valence-corrected chi connectivity index (χ2v) is 6.45. The predicted molar refractivity (Wildman–Crippen MR) is 77.4 cm³/mol. The predicted octanol–water partition coefficient (Wildman–Crippen LogP) is 1.18. The van der Waals surface area contributed by atoms with Crippen LogP contribution < -0.4 is 5.32 Å². The van der Waals surface area contributed by atoms with E-state index in [0.29, 0.717) is 18.0 Å². The lowest BCUT2D eigenvalue weighted by Crippen LogP contribution is -2.49. The number of thiazole rings is 1. The van der Waals surface area contributed by atoms with Gasteiger partial charge in [-0.05, 0) is 6.07 Å². The van der Waals surface area contributed by atoms with Gasteiger partial charge in [0.05, 0.1) is 16.9 Å². The Labute approximate surface area is 121 Å². The normalized spacial score (nSPS) is 16.0. The number of imidazole rings is 1. The highest BCUT2D eigenvalue weighted by Gasteiger charge is 2.24. The number of nitrogens with one attached hydrogen (secondary N) is 1. The van der Waals surface area contributed by atoms with Gasteiger partial charge in [0, 0.05) is 24.7 Å². The Morgan fingerprint density at radius 1 is 1.45 bits per heavy atom. The molecular weight excluding hydrogens is 296 g/mol. The molecule has 0 atom stereocenters. The van der Waals surface area contributed by atoms with Crippen molar-refractivity contribution in [2.45, 2.75) is 0 Å². The van der Waals surface area contributed by atoms with Crippen molar-refractivity contribution in [2.75, 3.05) is 19.6 Å². The van der Waals surface area contributed by atoms with Gasteiger partial charge in [-0.3, -0.25) is 14.0 Å². The fraction of sp³-hybridized carbons (Fsp3) is 0.250. The number of rotatable bonds is 1. The van der Waals surface area contributed by atoms with Crippen LogP contribution in [0.2, 0.25) is 0 Å². The third kappa shape index (κ3) is 1.72. The first-order valence-electron chi connectivity index (χ1n) is 6.13. The minimum atomic E-state index is -0.104. The molecule has 8 heteroatoms. The molecule has 4 rings (SSSR count). The standard InChI is InChI=1S/C12H10N4O2S2/c17-9-6-15(2-1-13-9)11(18)8-5-7-10(20-8)14-12-16(7)3-4-19-12/h3-5H,1-2,6H2,(H,13,17). The summed E-state index contributed by atoms with van der Waals surface area (Å²) in [4.78, 5) is 32.3. The number of fused-ring (bicyclic) bond motifs is 3. The second kappa shape index (κ2) is 4.29. The van der Waals surface area contributed by atoms with E-state index in [1.54, 1.807) is 16.2 Å². The average molecular weight is 306 g/mol. The fourth-order valence-electron chi connectivity index (χ4n) is 2.32. The fourth-order valence-corrected chi connectivity index (χ4v) is 4.09. The number of hydrogen-bond acceptors (Lipinski definition) is 5. The zero-order chi connectivity index (χ0) is 13.7. The Morgan fingerprint density at radius 2 is 2.35 bits per heavy atom. The van der Waals surface area contributed by atoms with E-state index in [2.05, 4.69) is 10.3 Å². The number of piperazine rings is 1. The molecule has 0 aromatic carbocycles. The Kier molecular flexibility index (Phi) is 2.54. The molecule has 0 aliphatic carbocycles. The molecule has 6 nitrogen and oxygen atoms in total. The van der Waals surface area contributed by atoms with E-state index in [1.807, 2.05) is 22.0 Å². The van der Waals surface area contributed by atoms with Gasteiger partial charge >= 0.3 is 0 Å². The SMILES string of the molecule is O=C1CN(C(=O)c2cc3c(nc4sccn43)s2)CCN1. The summed E-state index contributed by atoms with van der Waals surface area (Å²) in [6, 6.07) is 1.86. The highest BCUT2D eigenvalue weighted by molar-refractivity contribution is 7.21. The molecule has 0 unspecified atom stereocenters. The molecule has 20 heavy (non-hydrogen) atoms. The topological polar surface area (TPSA) is 66.7 Å². The number of carbonyl (C=O) groups is 2. The third-order valence-electron chi connectivity index (χ3n) is 3.28. The minimum absolute atomic E-state index is 0.0909. The lowest BCUT2D eigenvalue weighted by molar-refractivity contribution is -0.123. The summed E-state index contributed by atoms with van der Waals surface area (Å²) in [6.45, 7) is 1.21. The second-order valence-electron chi connectivity index (χ2n) is 4.55. The molecule has 1 saturated heterocycles. The van der Waals surface area contributed by atoms with Gasteiger partial charge in [0.2, 0.25) is 5.91 Å². The van der Waals surface area contributed by atoms with Crippen molar-refractivity contribution in [2.24, 2.45) is 0 Å². The number of nitrogens with zero attached hydrogens (tertiary/aromatic N) is 3. The van der Waals surface area contributed by atoms with E-state index in [4.69, 9.17) is 0 Å². The van der Waals surface area contributed by atoms with Crippen LogP contribution in [0, 0.1) is 0 Å². The van der Waals surface area contributed by atoms with Crippen LogP contribution in [0.3, 0.4) is 0 Å². The van der Waals surface area contributed by atoms with Crippen molar-refractivity contribution in [3.63, 3.8) is 0 Å². The van der Waals surface area contributed by atoms with E-state index in [1.165, 1.54) is 11.3 Å². The molecule has 102 valence electrons. The van der Waals surface area contributed by atoms with Gasteiger partial charge in [-0.15, -0.1) is 22.7 Å². The molecule has 1 fully saturated rings. The van der Waals surface area contributed by atoms with E-state index in [9.17, 15) is 9.59 Å². The lowest BCUT2D eigenvalue weighted by Gasteiger charge is -2.26. The number of carbonyl (C=O) groups excluding carboxylic acids is 2. The van der Waals surface area contributed by atoms with Crippen LogP contribution in [-0.4, -0.2) is 45.7 Å². The summed E-state index contributed by atoms with van der Waals surface area (Å²) in [7, 11) is 0. The molecule has 0 radical (unpaired) electrons.